The number of nitriles is 1. The van der Waals surface area contributed by atoms with E-state index in [4.69, 9.17) is 4.42 Å². The molecule has 0 aliphatic carbocycles. The van der Waals surface area contributed by atoms with E-state index >= 15 is 0 Å². The zero-order valence-corrected chi connectivity index (χ0v) is 20.6. The normalized spacial score (nSPS) is 14.9. The van der Waals surface area contributed by atoms with Crippen molar-refractivity contribution in [1.29, 1.82) is 5.26 Å². The molecule has 0 radical (unpaired) electrons. The van der Waals surface area contributed by atoms with Gasteiger partial charge >= 0.3 is 0 Å². The number of hydrogen-bond donors (Lipinski definition) is 0. The zero-order valence-electron chi connectivity index (χ0n) is 19.7. The van der Waals surface area contributed by atoms with Crippen molar-refractivity contribution in [3.05, 3.63) is 90.2 Å². The third-order valence-corrected chi connectivity index (χ3v) is 7.19. The highest BCUT2D eigenvalue weighted by Crippen LogP contribution is 2.26. The monoisotopic (exact) mass is 498 g/mol. The second kappa shape index (κ2) is 11.2. The first-order chi connectivity index (χ1) is 17.7. The number of amides is 1. The Bertz CT molecular complexity index is 1310. The summed E-state index contributed by atoms with van der Waals surface area (Å²) in [4.78, 5) is 17.0. The predicted molar refractivity (Wildman–Crippen MR) is 137 cm³/mol. The van der Waals surface area contributed by atoms with Crippen molar-refractivity contribution in [1.82, 2.24) is 24.6 Å². The maximum atomic E-state index is 13.0. The van der Waals surface area contributed by atoms with Crippen molar-refractivity contribution >= 4 is 17.7 Å². The molecule has 0 bridgehead atoms. The summed E-state index contributed by atoms with van der Waals surface area (Å²) in [6.07, 6.45) is 1.61. The average Bonchev–Trinajstić information content (AvgIpc) is 3.60. The van der Waals surface area contributed by atoms with Gasteiger partial charge in [0.05, 0.1) is 24.6 Å². The number of piperazine rings is 1. The Kier molecular flexibility index (Phi) is 7.45. The lowest BCUT2D eigenvalue weighted by atomic mass is 10.1. The van der Waals surface area contributed by atoms with Gasteiger partial charge in [0.1, 0.15) is 6.04 Å². The van der Waals surface area contributed by atoms with E-state index in [-0.39, 0.29) is 17.7 Å². The molecule has 36 heavy (non-hydrogen) atoms. The first kappa shape index (κ1) is 23.9. The second-order valence-corrected chi connectivity index (χ2v) is 9.45. The molecule has 5 rings (SSSR count). The molecule has 0 saturated carbocycles. The van der Waals surface area contributed by atoms with Crippen molar-refractivity contribution in [2.75, 3.05) is 31.9 Å². The van der Waals surface area contributed by atoms with Gasteiger partial charge < -0.3 is 9.32 Å². The minimum atomic E-state index is -0.297. The van der Waals surface area contributed by atoms with Gasteiger partial charge in [-0.05, 0) is 23.3 Å². The Balaban J connectivity index is 1.22. The molecule has 1 fully saturated rings. The molecule has 1 unspecified atom stereocenters. The SMILES string of the molecule is N#CC(c1ccccc1)N1CCN(C(=O)CSc2nnc(-c3ccco3)n2Cc2ccccc2)CC1. The average molecular weight is 499 g/mol. The summed E-state index contributed by atoms with van der Waals surface area (Å²) in [5, 5.41) is 19.1. The van der Waals surface area contributed by atoms with E-state index in [2.05, 4.69) is 33.3 Å². The maximum Gasteiger partial charge on any atom is 0.233 e. The molecule has 9 heteroatoms. The predicted octanol–water partition coefficient (Wildman–Crippen LogP) is 4.09. The highest BCUT2D eigenvalue weighted by atomic mass is 32.2. The third kappa shape index (κ3) is 5.35. The number of hydrogen-bond acceptors (Lipinski definition) is 7. The Morgan fingerprint density at radius 2 is 1.69 bits per heavy atom. The van der Waals surface area contributed by atoms with Crippen molar-refractivity contribution in [2.45, 2.75) is 17.7 Å². The van der Waals surface area contributed by atoms with E-state index in [0.29, 0.717) is 49.5 Å². The van der Waals surface area contributed by atoms with Gasteiger partial charge in [0.15, 0.2) is 10.9 Å². The van der Waals surface area contributed by atoms with Crippen LogP contribution in [0, 0.1) is 11.3 Å². The van der Waals surface area contributed by atoms with Gasteiger partial charge in [-0.15, -0.1) is 10.2 Å². The first-order valence-corrected chi connectivity index (χ1v) is 12.8. The fourth-order valence-electron chi connectivity index (χ4n) is 4.34. The number of nitrogens with zero attached hydrogens (tertiary/aromatic N) is 6. The zero-order chi connectivity index (χ0) is 24.7. The molecular formula is C27H26N6O2S. The van der Waals surface area contributed by atoms with Gasteiger partial charge in [-0.25, -0.2) is 0 Å². The quantitative estimate of drug-likeness (QED) is 0.338. The van der Waals surface area contributed by atoms with Crippen LogP contribution in [0.2, 0.25) is 0 Å². The fraction of sp³-hybridized carbons (Fsp3) is 0.259. The van der Waals surface area contributed by atoms with Gasteiger partial charge in [0.25, 0.3) is 0 Å². The molecule has 1 saturated heterocycles. The highest BCUT2D eigenvalue weighted by molar-refractivity contribution is 7.99. The molecule has 3 heterocycles. The molecule has 0 spiro atoms. The van der Waals surface area contributed by atoms with E-state index in [0.717, 1.165) is 11.1 Å². The Hall–Kier alpha value is -3.87. The summed E-state index contributed by atoms with van der Waals surface area (Å²) in [5.41, 5.74) is 2.10. The van der Waals surface area contributed by atoms with Crippen LogP contribution in [0.15, 0.2) is 88.6 Å². The molecule has 1 aliphatic heterocycles. The summed E-state index contributed by atoms with van der Waals surface area (Å²) in [6, 6.07) is 25.7. The minimum Gasteiger partial charge on any atom is -0.461 e. The number of benzene rings is 2. The fourth-order valence-corrected chi connectivity index (χ4v) is 5.18. The lowest BCUT2D eigenvalue weighted by molar-refractivity contribution is -0.130. The van der Waals surface area contributed by atoms with Crippen molar-refractivity contribution < 1.29 is 9.21 Å². The summed E-state index contributed by atoms with van der Waals surface area (Å²) < 4.78 is 7.55. The molecule has 1 amide bonds. The molecule has 2 aromatic carbocycles. The topological polar surface area (TPSA) is 91.2 Å². The first-order valence-electron chi connectivity index (χ1n) is 11.8. The van der Waals surface area contributed by atoms with E-state index in [1.807, 2.05) is 70.1 Å². The van der Waals surface area contributed by atoms with Crippen molar-refractivity contribution in [3.8, 4) is 17.7 Å². The number of furan rings is 1. The Labute approximate surface area is 214 Å². The molecule has 0 N–H and O–H groups in total. The van der Waals surface area contributed by atoms with Crippen LogP contribution in [-0.2, 0) is 11.3 Å². The summed E-state index contributed by atoms with van der Waals surface area (Å²) in [6.45, 7) is 3.10. The van der Waals surface area contributed by atoms with Crippen LogP contribution in [0.3, 0.4) is 0 Å². The van der Waals surface area contributed by atoms with Crippen LogP contribution in [0.4, 0.5) is 0 Å². The maximum absolute atomic E-state index is 13.0. The van der Waals surface area contributed by atoms with Crippen LogP contribution < -0.4 is 0 Å². The second-order valence-electron chi connectivity index (χ2n) is 8.50. The van der Waals surface area contributed by atoms with E-state index in [1.165, 1.54) is 11.8 Å². The summed E-state index contributed by atoms with van der Waals surface area (Å²) in [5.74, 6) is 1.60. The number of rotatable bonds is 8. The van der Waals surface area contributed by atoms with E-state index in [9.17, 15) is 10.1 Å². The van der Waals surface area contributed by atoms with E-state index < -0.39 is 0 Å². The van der Waals surface area contributed by atoms with Crippen molar-refractivity contribution in [2.24, 2.45) is 0 Å². The minimum absolute atomic E-state index is 0.0571. The smallest absolute Gasteiger partial charge is 0.233 e. The molecule has 4 aromatic rings. The molecule has 182 valence electrons. The summed E-state index contributed by atoms with van der Waals surface area (Å²) in [7, 11) is 0. The lowest BCUT2D eigenvalue weighted by Gasteiger charge is -2.37. The standard InChI is InChI=1S/C27H26N6O2S/c28-18-23(22-10-5-2-6-11-22)31-13-15-32(16-14-31)25(34)20-36-27-30-29-26(24-12-7-17-35-24)33(27)19-21-8-3-1-4-9-21/h1-12,17,23H,13-16,19-20H2. The number of aromatic nitrogens is 3. The molecule has 8 nitrogen and oxygen atoms in total. The Morgan fingerprint density at radius 3 is 2.36 bits per heavy atom. The van der Waals surface area contributed by atoms with Crippen molar-refractivity contribution in [3.63, 3.8) is 0 Å². The van der Waals surface area contributed by atoms with Gasteiger partial charge in [-0.1, -0.05) is 72.4 Å². The highest BCUT2D eigenvalue weighted by Gasteiger charge is 2.27. The molecular weight excluding hydrogens is 472 g/mol. The van der Waals surface area contributed by atoms with Crippen LogP contribution in [0.1, 0.15) is 17.2 Å². The van der Waals surface area contributed by atoms with Crippen LogP contribution in [-0.4, -0.2) is 62.4 Å². The third-order valence-electron chi connectivity index (χ3n) is 6.24. The van der Waals surface area contributed by atoms with Crippen LogP contribution >= 0.6 is 11.8 Å². The van der Waals surface area contributed by atoms with E-state index in [1.54, 1.807) is 6.26 Å². The number of carbonyl (C=O) groups is 1. The van der Waals surface area contributed by atoms with Crippen LogP contribution in [0.5, 0.6) is 0 Å². The summed E-state index contributed by atoms with van der Waals surface area (Å²) >= 11 is 1.39. The largest absolute Gasteiger partial charge is 0.461 e. The van der Waals surface area contributed by atoms with Gasteiger partial charge in [0.2, 0.25) is 11.7 Å². The lowest BCUT2D eigenvalue weighted by Crippen LogP contribution is -2.50. The number of carbonyl (C=O) groups excluding carboxylic acids is 1. The number of thioether (sulfide) groups is 1. The van der Waals surface area contributed by atoms with Gasteiger partial charge in [0, 0.05) is 26.2 Å². The molecule has 1 aliphatic rings. The molecule has 2 aromatic heterocycles. The molecule has 1 atom stereocenters. The van der Waals surface area contributed by atoms with Gasteiger partial charge in [-0.3, -0.25) is 14.3 Å². The van der Waals surface area contributed by atoms with Gasteiger partial charge in [-0.2, -0.15) is 5.26 Å². The Morgan fingerprint density at radius 1 is 0.972 bits per heavy atom. The van der Waals surface area contributed by atoms with Crippen LogP contribution in [0.25, 0.3) is 11.6 Å².